The van der Waals surface area contributed by atoms with Crippen LogP contribution < -0.4 is 0 Å². The highest BCUT2D eigenvalue weighted by atomic mass is 16.6. The molecule has 0 amide bonds. The van der Waals surface area contributed by atoms with Crippen molar-refractivity contribution in [2.45, 2.75) is 101 Å². The number of aliphatic hydroxyl groups excluding tert-OH is 1. The number of hydrogen-bond acceptors (Lipinski definition) is 10. The molecule has 3 fully saturated rings. The molecule has 0 spiro atoms. The van der Waals surface area contributed by atoms with E-state index >= 15 is 0 Å². The lowest BCUT2D eigenvalue weighted by molar-refractivity contribution is -0.327. The number of rotatable bonds is 7. The zero-order chi connectivity index (χ0) is 33.8. The standard InChI is InChI=1S/C37H44O10/c1-23(46-24(2)38)35(42)18-19-37(44)33(35,3)30(47-32(41)26-12-8-5-9-13-26)21-29-34(22-45-31(40)25-10-6-4-7-11-25)16-15-28(39)20-27(34)14-17-36(29,37)43/h4-14,23,28-30,39,42-44H,15-22H2,1-3H3/t23-,28-,29+,30+,33+,34+,35+,36-,37+/m0/s1. The second-order valence-corrected chi connectivity index (χ2v) is 14.1. The highest BCUT2D eigenvalue weighted by molar-refractivity contribution is 5.90. The highest BCUT2D eigenvalue weighted by Gasteiger charge is 2.82. The van der Waals surface area contributed by atoms with Gasteiger partial charge in [-0.3, -0.25) is 4.79 Å². The summed E-state index contributed by atoms with van der Waals surface area (Å²) < 4.78 is 17.7. The molecule has 47 heavy (non-hydrogen) atoms. The molecule has 252 valence electrons. The third-order valence-corrected chi connectivity index (χ3v) is 12.1. The van der Waals surface area contributed by atoms with Gasteiger partial charge in [0.25, 0.3) is 0 Å². The van der Waals surface area contributed by atoms with Gasteiger partial charge < -0.3 is 34.6 Å². The molecule has 6 rings (SSSR count). The molecular weight excluding hydrogens is 604 g/mol. The molecule has 0 heterocycles. The first kappa shape index (κ1) is 33.3. The summed E-state index contributed by atoms with van der Waals surface area (Å²) in [5.74, 6) is -2.64. The van der Waals surface area contributed by atoms with E-state index in [4.69, 9.17) is 14.2 Å². The Morgan fingerprint density at radius 2 is 1.53 bits per heavy atom. The quantitative estimate of drug-likeness (QED) is 0.197. The van der Waals surface area contributed by atoms with Gasteiger partial charge in [-0.1, -0.05) is 55.0 Å². The number of hydrogen-bond donors (Lipinski definition) is 4. The van der Waals surface area contributed by atoms with Gasteiger partial charge in [0.05, 0.1) is 22.6 Å². The minimum Gasteiger partial charge on any atom is -0.461 e. The molecular formula is C37H44O10. The second-order valence-electron chi connectivity index (χ2n) is 14.1. The molecule has 4 aliphatic carbocycles. The molecule has 0 saturated heterocycles. The molecule has 4 N–H and O–H groups in total. The predicted molar refractivity (Wildman–Crippen MR) is 169 cm³/mol. The van der Waals surface area contributed by atoms with E-state index in [0.29, 0.717) is 24.8 Å². The van der Waals surface area contributed by atoms with Crippen LogP contribution in [0.25, 0.3) is 0 Å². The lowest BCUT2D eigenvalue weighted by Crippen LogP contribution is -2.79. The molecule has 0 aliphatic heterocycles. The first-order chi connectivity index (χ1) is 22.2. The molecule has 0 aromatic heterocycles. The number of fused-ring (bicyclic) bond motifs is 5. The normalized spacial score (nSPS) is 38.1. The zero-order valence-corrected chi connectivity index (χ0v) is 27.1. The van der Waals surface area contributed by atoms with Crippen molar-refractivity contribution in [3.05, 3.63) is 83.4 Å². The number of benzene rings is 2. The zero-order valence-electron chi connectivity index (χ0n) is 27.1. The Morgan fingerprint density at radius 3 is 2.15 bits per heavy atom. The van der Waals surface area contributed by atoms with E-state index in [2.05, 4.69) is 0 Å². The Labute approximate surface area is 274 Å². The van der Waals surface area contributed by atoms with Crippen molar-refractivity contribution < 1.29 is 49.0 Å². The summed E-state index contributed by atoms with van der Waals surface area (Å²) in [5, 5.41) is 49.1. The van der Waals surface area contributed by atoms with Gasteiger partial charge in [0, 0.05) is 18.3 Å². The van der Waals surface area contributed by atoms with E-state index in [1.54, 1.807) is 67.6 Å². The Kier molecular flexibility index (Phi) is 8.40. The van der Waals surface area contributed by atoms with Crippen molar-refractivity contribution in [3.8, 4) is 0 Å². The van der Waals surface area contributed by atoms with Crippen LogP contribution in [0.3, 0.4) is 0 Å². The Balaban J connectivity index is 1.47. The van der Waals surface area contributed by atoms with Crippen LogP contribution in [-0.4, -0.2) is 80.1 Å². The van der Waals surface area contributed by atoms with Crippen molar-refractivity contribution >= 4 is 17.9 Å². The topological polar surface area (TPSA) is 160 Å². The van der Waals surface area contributed by atoms with Gasteiger partial charge in [0.2, 0.25) is 0 Å². The molecule has 4 aliphatic rings. The molecule has 10 nitrogen and oxygen atoms in total. The Morgan fingerprint density at radius 1 is 0.915 bits per heavy atom. The van der Waals surface area contributed by atoms with E-state index < -0.39 is 69.8 Å². The number of carbonyl (C=O) groups excluding carboxylic acids is 3. The molecule has 9 atom stereocenters. The van der Waals surface area contributed by atoms with Crippen LogP contribution in [0.1, 0.15) is 86.4 Å². The molecule has 10 heteroatoms. The van der Waals surface area contributed by atoms with Crippen LogP contribution >= 0.6 is 0 Å². The first-order valence-corrected chi connectivity index (χ1v) is 16.4. The van der Waals surface area contributed by atoms with E-state index in [9.17, 15) is 34.8 Å². The fraction of sp³-hybridized carbons (Fsp3) is 0.541. The third kappa shape index (κ3) is 4.94. The summed E-state index contributed by atoms with van der Waals surface area (Å²) >= 11 is 0. The van der Waals surface area contributed by atoms with Crippen LogP contribution in [0.2, 0.25) is 0 Å². The maximum Gasteiger partial charge on any atom is 0.338 e. The van der Waals surface area contributed by atoms with Crippen molar-refractivity contribution in [3.63, 3.8) is 0 Å². The lowest BCUT2D eigenvalue weighted by atomic mass is 9.42. The van der Waals surface area contributed by atoms with Gasteiger partial charge >= 0.3 is 17.9 Å². The minimum absolute atomic E-state index is 0.000687. The van der Waals surface area contributed by atoms with Crippen molar-refractivity contribution in [2.24, 2.45) is 16.7 Å². The van der Waals surface area contributed by atoms with E-state index in [0.717, 1.165) is 5.57 Å². The minimum atomic E-state index is -2.04. The Hall–Kier alpha value is -3.57. The van der Waals surface area contributed by atoms with Gasteiger partial charge in [-0.15, -0.1) is 0 Å². The van der Waals surface area contributed by atoms with E-state index in [-0.39, 0.29) is 37.9 Å². The van der Waals surface area contributed by atoms with Crippen LogP contribution in [-0.2, 0) is 19.0 Å². The van der Waals surface area contributed by atoms with Gasteiger partial charge in [-0.25, -0.2) is 9.59 Å². The van der Waals surface area contributed by atoms with E-state index in [1.807, 2.05) is 6.08 Å². The smallest absolute Gasteiger partial charge is 0.338 e. The fourth-order valence-electron chi connectivity index (χ4n) is 9.52. The van der Waals surface area contributed by atoms with Gasteiger partial charge in [-0.05, 0) is 76.1 Å². The largest absolute Gasteiger partial charge is 0.461 e. The molecule has 0 radical (unpaired) electrons. The molecule has 3 saturated carbocycles. The highest BCUT2D eigenvalue weighted by Crippen LogP contribution is 2.71. The third-order valence-electron chi connectivity index (χ3n) is 12.1. The van der Waals surface area contributed by atoms with Crippen LogP contribution in [0.5, 0.6) is 0 Å². The van der Waals surface area contributed by atoms with Crippen LogP contribution in [0.15, 0.2) is 72.3 Å². The van der Waals surface area contributed by atoms with Crippen LogP contribution in [0.4, 0.5) is 0 Å². The molecule has 2 aromatic rings. The average molecular weight is 649 g/mol. The van der Waals surface area contributed by atoms with Crippen molar-refractivity contribution in [2.75, 3.05) is 6.61 Å². The molecule has 0 unspecified atom stereocenters. The van der Waals surface area contributed by atoms with Gasteiger partial charge in [0.15, 0.2) is 0 Å². The summed E-state index contributed by atoms with van der Waals surface area (Å²) in [6, 6.07) is 16.9. The first-order valence-electron chi connectivity index (χ1n) is 16.4. The summed E-state index contributed by atoms with van der Waals surface area (Å²) in [7, 11) is 0. The summed E-state index contributed by atoms with van der Waals surface area (Å²) in [5.41, 5.74) is -7.07. The van der Waals surface area contributed by atoms with Crippen molar-refractivity contribution in [1.29, 1.82) is 0 Å². The van der Waals surface area contributed by atoms with Crippen molar-refractivity contribution in [1.82, 2.24) is 0 Å². The number of aliphatic hydroxyl groups is 4. The van der Waals surface area contributed by atoms with E-state index in [1.165, 1.54) is 13.8 Å². The summed E-state index contributed by atoms with van der Waals surface area (Å²) in [6.45, 7) is 4.23. The van der Waals surface area contributed by atoms with Crippen LogP contribution in [0, 0.1) is 16.7 Å². The molecule has 2 aromatic carbocycles. The fourth-order valence-corrected chi connectivity index (χ4v) is 9.52. The summed E-state index contributed by atoms with van der Waals surface area (Å²) in [6.07, 6.45) is -0.199. The predicted octanol–water partition coefficient (Wildman–Crippen LogP) is 3.90. The van der Waals surface area contributed by atoms with Gasteiger partial charge in [-0.2, -0.15) is 0 Å². The Bertz CT molecular complexity index is 1560. The maximum atomic E-state index is 13.7. The maximum absolute atomic E-state index is 13.7. The molecule has 0 bridgehead atoms. The number of ether oxygens (including phenoxy) is 3. The monoisotopic (exact) mass is 648 g/mol. The second kappa shape index (κ2) is 11.8. The average Bonchev–Trinajstić information content (AvgIpc) is 3.29. The lowest BCUT2D eigenvalue weighted by Gasteiger charge is -2.67. The summed E-state index contributed by atoms with van der Waals surface area (Å²) in [4.78, 5) is 39.0. The number of carbonyl (C=O) groups is 3. The SMILES string of the molecule is CC(=O)O[C@@H](C)[C@]1(O)CC[C@@]2(O)[C@]1(C)[C@H](OC(=O)c1ccccc1)C[C@@H]1[C@@]3(COC(=O)c4ccccc4)CC[C@H](O)CC3=CC[C@]12O. The number of esters is 3. The van der Waals surface area contributed by atoms with Gasteiger partial charge in [0.1, 0.15) is 35.6 Å².